The van der Waals surface area contributed by atoms with Crippen molar-refractivity contribution in [3.63, 3.8) is 0 Å². The maximum Gasteiger partial charge on any atom is 0.246 e. The summed E-state index contributed by atoms with van der Waals surface area (Å²) in [6, 6.07) is 15.1. The van der Waals surface area contributed by atoms with Crippen LogP contribution < -0.4 is 15.5 Å². The van der Waals surface area contributed by atoms with Crippen molar-refractivity contribution < 1.29 is 13.9 Å². The number of benzene rings is 2. The van der Waals surface area contributed by atoms with E-state index in [9.17, 15) is 4.79 Å². The Labute approximate surface area is 237 Å². The Hall–Kier alpha value is -4.51. The lowest BCUT2D eigenvalue weighted by Gasteiger charge is -2.32. The predicted molar refractivity (Wildman–Crippen MR) is 157 cm³/mol. The number of ether oxygens (including phenoxy) is 1. The maximum absolute atomic E-state index is 15.1. The first kappa shape index (κ1) is 26.7. The van der Waals surface area contributed by atoms with Crippen LogP contribution in [0.5, 0.6) is 0 Å². The topological polar surface area (TPSA) is 100 Å². The lowest BCUT2D eigenvalue weighted by molar-refractivity contribution is -0.127. The van der Waals surface area contributed by atoms with E-state index in [0.717, 1.165) is 18.4 Å². The Morgan fingerprint density at radius 1 is 1.12 bits per heavy atom. The van der Waals surface area contributed by atoms with Gasteiger partial charge < -0.3 is 29.7 Å². The molecule has 10 nitrogen and oxygen atoms in total. The molecular formula is C30H33FN8O2. The highest BCUT2D eigenvalue weighted by atomic mass is 19.1. The number of likely N-dealkylation sites (tertiary alicyclic amines) is 1. The lowest BCUT2D eigenvalue weighted by Crippen LogP contribution is -2.39. The average molecular weight is 557 g/mol. The molecule has 2 saturated heterocycles. The largest absolute Gasteiger partial charge is 0.378 e. The Morgan fingerprint density at radius 3 is 2.73 bits per heavy atom. The zero-order valence-corrected chi connectivity index (χ0v) is 22.8. The van der Waals surface area contributed by atoms with Gasteiger partial charge in [0.2, 0.25) is 11.9 Å². The molecule has 0 bridgehead atoms. The molecule has 0 aliphatic carbocycles. The number of nitrogens with one attached hydrogen (secondary N) is 2. The van der Waals surface area contributed by atoms with E-state index in [2.05, 4.69) is 22.2 Å². The van der Waals surface area contributed by atoms with Crippen LogP contribution in [-0.2, 0) is 16.1 Å². The van der Waals surface area contributed by atoms with Crippen LogP contribution in [0, 0.1) is 5.82 Å². The van der Waals surface area contributed by atoms with E-state index in [-0.39, 0.29) is 17.8 Å². The van der Waals surface area contributed by atoms with E-state index < -0.39 is 0 Å². The molecule has 1 amide bonds. The maximum atomic E-state index is 15.1. The summed E-state index contributed by atoms with van der Waals surface area (Å²) in [5.74, 6) is 0.493. The first-order valence-electron chi connectivity index (χ1n) is 13.9. The van der Waals surface area contributed by atoms with Gasteiger partial charge >= 0.3 is 0 Å². The second-order valence-electron chi connectivity index (χ2n) is 10.2. The number of rotatable bonds is 8. The third-order valence-electron chi connectivity index (χ3n) is 7.56. The number of imidazole rings is 1. The first-order valence-corrected chi connectivity index (χ1v) is 13.9. The lowest BCUT2D eigenvalue weighted by atomic mass is 10.1. The number of fused-ring (bicyclic) bond motifs is 1. The monoisotopic (exact) mass is 556 g/mol. The quantitative estimate of drug-likeness (QED) is 0.306. The highest BCUT2D eigenvalue weighted by molar-refractivity contribution is 5.87. The standard InChI is InChI=1S/C30H33FN8O2/c1-2-26(40)38-12-6-9-23(19-38)39-20-33-27-28(32-18-21-7-4-3-5-8-21)35-30(36-29(27)39)34-22-10-11-25(24(31)17-22)37-13-15-41-16-14-37/h2-5,7-8,10-11,17,20,23H,1,6,9,12-16,18-19H2,(H2,32,34,35,36). The summed E-state index contributed by atoms with van der Waals surface area (Å²) in [7, 11) is 0. The Morgan fingerprint density at radius 2 is 1.95 bits per heavy atom. The third kappa shape index (κ3) is 5.85. The minimum atomic E-state index is -0.320. The number of carbonyl (C=O) groups excluding carboxylic acids is 1. The molecule has 2 fully saturated rings. The van der Waals surface area contributed by atoms with E-state index in [1.165, 1.54) is 12.1 Å². The molecular weight excluding hydrogens is 523 g/mol. The summed E-state index contributed by atoms with van der Waals surface area (Å²) in [5.41, 5.74) is 3.46. The average Bonchev–Trinajstić information content (AvgIpc) is 3.45. The zero-order chi connectivity index (χ0) is 28.2. The fourth-order valence-corrected chi connectivity index (χ4v) is 5.43. The second kappa shape index (κ2) is 11.9. The van der Waals surface area contributed by atoms with Crippen LogP contribution in [0.4, 0.5) is 27.5 Å². The number of amides is 1. The number of nitrogens with zero attached hydrogens (tertiary/aromatic N) is 6. The molecule has 1 atom stereocenters. The van der Waals surface area contributed by atoms with Gasteiger partial charge in [0.1, 0.15) is 5.82 Å². The number of carbonyl (C=O) groups is 1. The summed E-state index contributed by atoms with van der Waals surface area (Å²) in [6.07, 6.45) is 4.88. The van der Waals surface area contributed by atoms with Crippen LogP contribution >= 0.6 is 0 Å². The van der Waals surface area contributed by atoms with Crippen molar-refractivity contribution in [3.05, 3.63) is 78.9 Å². The van der Waals surface area contributed by atoms with Gasteiger partial charge in [-0.15, -0.1) is 0 Å². The van der Waals surface area contributed by atoms with Gasteiger partial charge in [-0.2, -0.15) is 9.97 Å². The molecule has 2 aromatic heterocycles. The van der Waals surface area contributed by atoms with Crippen molar-refractivity contribution in [1.82, 2.24) is 24.4 Å². The van der Waals surface area contributed by atoms with Crippen molar-refractivity contribution in [1.29, 1.82) is 0 Å². The molecule has 0 saturated carbocycles. The molecule has 11 heteroatoms. The van der Waals surface area contributed by atoms with Crippen LogP contribution in [0.3, 0.4) is 0 Å². The molecule has 2 aliphatic rings. The van der Waals surface area contributed by atoms with Gasteiger partial charge in [-0.3, -0.25) is 4.79 Å². The number of piperidine rings is 1. The van der Waals surface area contributed by atoms with Crippen molar-refractivity contribution in [2.45, 2.75) is 25.4 Å². The van der Waals surface area contributed by atoms with Gasteiger partial charge in [0.15, 0.2) is 17.0 Å². The smallest absolute Gasteiger partial charge is 0.246 e. The fourth-order valence-electron chi connectivity index (χ4n) is 5.43. The van der Waals surface area contributed by atoms with Gasteiger partial charge in [0.25, 0.3) is 0 Å². The van der Waals surface area contributed by atoms with Crippen molar-refractivity contribution in [2.24, 2.45) is 0 Å². The Kier molecular flexibility index (Phi) is 7.77. The second-order valence-corrected chi connectivity index (χ2v) is 10.2. The molecule has 0 radical (unpaired) electrons. The fraction of sp³-hybridized carbons (Fsp3) is 0.333. The molecule has 2 N–H and O–H groups in total. The minimum absolute atomic E-state index is 0.00706. The summed E-state index contributed by atoms with van der Waals surface area (Å²) in [5, 5.41) is 6.61. The van der Waals surface area contributed by atoms with E-state index >= 15 is 4.39 Å². The molecule has 41 heavy (non-hydrogen) atoms. The van der Waals surface area contributed by atoms with Crippen LogP contribution in [-0.4, -0.2) is 69.7 Å². The number of hydrogen-bond acceptors (Lipinski definition) is 8. The summed E-state index contributed by atoms with van der Waals surface area (Å²) < 4.78 is 22.6. The molecule has 6 rings (SSSR count). The number of halogens is 1. The first-order chi connectivity index (χ1) is 20.1. The highest BCUT2D eigenvalue weighted by Crippen LogP contribution is 2.30. The number of morpholine rings is 1. The van der Waals surface area contributed by atoms with E-state index in [0.29, 0.717) is 80.2 Å². The van der Waals surface area contributed by atoms with Gasteiger partial charge in [0, 0.05) is 38.4 Å². The molecule has 2 aliphatic heterocycles. The van der Waals surface area contributed by atoms with Gasteiger partial charge in [-0.1, -0.05) is 36.9 Å². The van der Waals surface area contributed by atoms with E-state index in [1.54, 1.807) is 17.3 Å². The SMILES string of the molecule is C=CC(=O)N1CCCC(n2cnc3c(NCc4ccccc4)nc(Nc4ccc(N5CCOCC5)c(F)c4)nc32)C1. The number of anilines is 4. The van der Waals surface area contributed by atoms with Crippen LogP contribution in [0.25, 0.3) is 11.2 Å². The zero-order valence-electron chi connectivity index (χ0n) is 22.8. The summed E-state index contributed by atoms with van der Waals surface area (Å²) in [6.45, 7) is 7.91. The summed E-state index contributed by atoms with van der Waals surface area (Å²) >= 11 is 0. The van der Waals surface area contributed by atoms with E-state index in [4.69, 9.17) is 14.7 Å². The summed E-state index contributed by atoms with van der Waals surface area (Å²) in [4.78, 5) is 30.3. The highest BCUT2D eigenvalue weighted by Gasteiger charge is 2.26. The minimum Gasteiger partial charge on any atom is -0.378 e. The third-order valence-corrected chi connectivity index (χ3v) is 7.56. The Bertz CT molecular complexity index is 1540. The Balaban J connectivity index is 1.32. The van der Waals surface area contributed by atoms with Crippen LogP contribution in [0.2, 0.25) is 0 Å². The molecule has 212 valence electrons. The molecule has 2 aromatic carbocycles. The number of hydrogen-bond donors (Lipinski definition) is 2. The van der Waals surface area contributed by atoms with E-state index in [1.807, 2.05) is 45.9 Å². The van der Waals surface area contributed by atoms with Gasteiger partial charge in [-0.05, 0) is 42.7 Å². The number of aromatic nitrogens is 4. The van der Waals surface area contributed by atoms with Crippen molar-refractivity contribution in [2.75, 3.05) is 54.9 Å². The molecule has 1 unspecified atom stereocenters. The van der Waals surface area contributed by atoms with Crippen molar-refractivity contribution >= 4 is 40.2 Å². The molecule has 4 aromatic rings. The van der Waals surface area contributed by atoms with Gasteiger partial charge in [-0.25, -0.2) is 9.37 Å². The molecule has 0 spiro atoms. The van der Waals surface area contributed by atoms with Gasteiger partial charge in [0.05, 0.1) is 31.3 Å². The van der Waals surface area contributed by atoms with Crippen LogP contribution in [0.15, 0.2) is 67.5 Å². The van der Waals surface area contributed by atoms with Crippen molar-refractivity contribution in [3.8, 4) is 0 Å². The van der Waals surface area contributed by atoms with Crippen LogP contribution in [0.1, 0.15) is 24.4 Å². The predicted octanol–water partition coefficient (Wildman–Crippen LogP) is 4.51. The normalized spacial score (nSPS) is 17.4. The molecule has 4 heterocycles.